The van der Waals surface area contributed by atoms with E-state index in [4.69, 9.17) is 19.3 Å². The summed E-state index contributed by atoms with van der Waals surface area (Å²) in [7, 11) is 0. The molecule has 0 saturated carbocycles. The van der Waals surface area contributed by atoms with E-state index in [0.29, 0.717) is 36.0 Å². The fourth-order valence-corrected chi connectivity index (χ4v) is 2.49. The number of carboxylic acids is 1. The van der Waals surface area contributed by atoms with Gasteiger partial charge in [-0.15, -0.1) is 0 Å². The van der Waals surface area contributed by atoms with Crippen molar-refractivity contribution in [2.75, 3.05) is 19.8 Å². The second kappa shape index (κ2) is 8.20. The quantitative estimate of drug-likeness (QED) is 0.634. The van der Waals surface area contributed by atoms with E-state index in [9.17, 15) is 9.59 Å². The van der Waals surface area contributed by atoms with Crippen LogP contribution >= 0.6 is 0 Å². The summed E-state index contributed by atoms with van der Waals surface area (Å²) in [5.74, 6) is 0.331. The highest BCUT2D eigenvalue weighted by atomic mass is 16.5. The van der Waals surface area contributed by atoms with Crippen LogP contribution in [-0.2, 0) is 4.79 Å². The number of carbonyl (C=O) groups excluding carboxylic acids is 1. The highest BCUT2D eigenvalue weighted by Gasteiger charge is 2.13. The summed E-state index contributed by atoms with van der Waals surface area (Å²) >= 11 is 0. The average molecular weight is 354 g/mol. The Labute approximate surface area is 150 Å². The number of ketones is 1. The minimum atomic E-state index is -1.08. The molecule has 6 nitrogen and oxygen atoms in total. The molecule has 0 aliphatic carbocycles. The molecule has 0 saturated heterocycles. The molecule has 134 valence electrons. The molecule has 6 heteroatoms. The second-order valence-corrected chi connectivity index (χ2v) is 5.63. The Balaban J connectivity index is 1.76. The predicted molar refractivity (Wildman–Crippen MR) is 95.0 cm³/mol. The SMILES string of the molecule is O=C(O)COc1cccc(C(=O)/C=C\c2cccc3c2OCCCO3)c1. The number of fused-ring (bicyclic) bond motifs is 1. The Morgan fingerprint density at radius 1 is 1.12 bits per heavy atom. The van der Waals surface area contributed by atoms with Gasteiger partial charge in [-0.2, -0.15) is 0 Å². The maximum atomic E-state index is 12.4. The van der Waals surface area contributed by atoms with Crippen LogP contribution in [0.2, 0.25) is 0 Å². The Bertz CT molecular complexity index is 840. The standard InChI is InChI=1S/C20H18O6/c21-17(15-5-1-6-16(12-15)26-13-19(22)23)9-8-14-4-2-7-18-20(14)25-11-3-10-24-18/h1-2,4-9,12H,3,10-11,13H2,(H,22,23)/b9-8-. The highest BCUT2D eigenvalue weighted by molar-refractivity contribution is 6.07. The normalized spacial score (nSPS) is 13.2. The summed E-state index contributed by atoms with van der Waals surface area (Å²) in [5.41, 5.74) is 1.17. The number of carboxylic acid groups (broad SMARTS) is 1. The molecule has 0 fully saturated rings. The van der Waals surface area contributed by atoms with Gasteiger partial charge in [0.05, 0.1) is 13.2 Å². The summed E-state index contributed by atoms with van der Waals surface area (Å²) in [6.07, 6.45) is 3.93. The third kappa shape index (κ3) is 4.42. The Hall–Kier alpha value is -3.28. The van der Waals surface area contributed by atoms with Crippen molar-refractivity contribution in [2.45, 2.75) is 6.42 Å². The van der Waals surface area contributed by atoms with Gasteiger partial charge in [0.25, 0.3) is 0 Å². The molecular formula is C20H18O6. The van der Waals surface area contributed by atoms with Gasteiger partial charge in [0.15, 0.2) is 23.9 Å². The number of aliphatic carboxylic acids is 1. The molecule has 1 aliphatic rings. The molecule has 0 atom stereocenters. The molecule has 0 aromatic heterocycles. The van der Waals surface area contributed by atoms with E-state index in [-0.39, 0.29) is 5.78 Å². The fraction of sp³-hybridized carbons (Fsp3) is 0.200. The number of benzene rings is 2. The van der Waals surface area contributed by atoms with Crippen LogP contribution in [0.5, 0.6) is 17.2 Å². The zero-order valence-electron chi connectivity index (χ0n) is 14.0. The van der Waals surface area contributed by atoms with Gasteiger partial charge < -0.3 is 19.3 Å². The second-order valence-electron chi connectivity index (χ2n) is 5.63. The van der Waals surface area contributed by atoms with Crippen LogP contribution < -0.4 is 14.2 Å². The lowest BCUT2D eigenvalue weighted by molar-refractivity contribution is -0.139. The summed E-state index contributed by atoms with van der Waals surface area (Å²) in [6, 6.07) is 11.9. The van der Waals surface area contributed by atoms with Crippen molar-refractivity contribution in [1.29, 1.82) is 0 Å². The molecule has 3 rings (SSSR count). The third-order valence-corrected chi connectivity index (χ3v) is 3.70. The highest BCUT2D eigenvalue weighted by Crippen LogP contribution is 2.34. The zero-order valence-corrected chi connectivity index (χ0v) is 14.0. The van der Waals surface area contributed by atoms with Gasteiger partial charge in [0.2, 0.25) is 0 Å². The van der Waals surface area contributed by atoms with E-state index in [1.54, 1.807) is 24.3 Å². The van der Waals surface area contributed by atoms with E-state index in [2.05, 4.69) is 0 Å². The first-order valence-corrected chi connectivity index (χ1v) is 8.19. The van der Waals surface area contributed by atoms with Gasteiger partial charge in [-0.05, 0) is 30.4 Å². The number of hydrogen-bond donors (Lipinski definition) is 1. The van der Waals surface area contributed by atoms with Gasteiger partial charge in [-0.3, -0.25) is 4.79 Å². The molecule has 0 radical (unpaired) electrons. The number of hydrogen-bond acceptors (Lipinski definition) is 5. The number of rotatable bonds is 6. The fourth-order valence-electron chi connectivity index (χ4n) is 2.49. The van der Waals surface area contributed by atoms with Crippen molar-refractivity contribution in [1.82, 2.24) is 0 Å². The van der Waals surface area contributed by atoms with Gasteiger partial charge in [0.1, 0.15) is 5.75 Å². The first kappa shape index (κ1) is 17.5. The van der Waals surface area contributed by atoms with Crippen LogP contribution in [0.15, 0.2) is 48.5 Å². The average Bonchev–Trinajstić information content (AvgIpc) is 2.90. The van der Waals surface area contributed by atoms with Crippen LogP contribution in [0.3, 0.4) is 0 Å². The largest absolute Gasteiger partial charge is 0.490 e. The van der Waals surface area contributed by atoms with Crippen molar-refractivity contribution in [3.05, 3.63) is 59.7 Å². The third-order valence-electron chi connectivity index (χ3n) is 3.70. The molecule has 1 aliphatic heterocycles. The minimum Gasteiger partial charge on any atom is -0.490 e. The predicted octanol–water partition coefficient (Wildman–Crippen LogP) is 3.21. The monoisotopic (exact) mass is 354 g/mol. The molecule has 0 unspecified atom stereocenters. The maximum Gasteiger partial charge on any atom is 0.341 e. The Morgan fingerprint density at radius 2 is 1.92 bits per heavy atom. The van der Waals surface area contributed by atoms with E-state index < -0.39 is 12.6 Å². The van der Waals surface area contributed by atoms with Gasteiger partial charge in [-0.1, -0.05) is 24.3 Å². The number of ether oxygens (including phenoxy) is 3. The molecular weight excluding hydrogens is 336 g/mol. The van der Waals surface area contributed by atoms with Crippen molar-refractivity contribution in [3.63, 3.8) is 0 Å². The van der Waals surface area contributed by atoms with Gasteiger partial charge in [0, 0.05) is 17.5 Å². The van der Waals surface area contributed by atoms with E-state index in [1.807, 2.05) is 18.2 Å². The summed E-state index contributed by atoms with van der Waals surface area (Å²) in [5, 5.41) is 8.66. The Morgan fingerprint density at radius 3 is 2.77 bits per heavy atom. The lowest BCUT2D eigenvalue weighted by Crippen LogP contribution is -2.09. The minimum absolute atomic E-state index is 0.224. The number of allylic oxidation sites excluding steroid dienone is 1. The Kier molecular flexibility index (Phi) is 5.53. The smallest absolute Gasteiger partial charge is 0.341 e. The zero-order chi connectivity index (χ0) is 18.4. The maximum absolute atomic E-state index is 12.4. The lowest BCUT2D eigenvalue weighted by atomic mass is 10.1. The topological polar surface area (TPSA) is 82.1 Å². The molecule has 0 amide bonds. The van der Waals surface area contributed by atoms with Crippen LogP contribution in [0.4, 0.5) is 0 Å². The van der Waals surface area contributed by atoms with Crippen molar-refractivity contribution >= 4 is 17.8 Å². The van der Waals surface area contributed by atoms with Crippen molar-refractivity contribution < 1.29 is 28.9 Å². The molecule has 2 aromatic carbocycles. The van der Waals surface area contributed by atoms with Gasteiger partial charge >= 0.3 is 5.97 Å². The van der Waals surface area contributed by atoms with Crippen molar-refractivity contribution in [3.8, 4) is 17.2 Å². The summed E-state index contributed by atoms with van der Waals surface area (Å²) in [6.45, 7) is 0.706. The summed E-state index contributed by atoms with van der Waals surface area (Å²) in [4.78, 5) is 23.0. The van der Waals surface area contributed by atoms with Crippen molar-refractivity contribution in [2.24, 2.45) is 0 Å². The van der Waals surface area contributed by atoms with E-state index in [1.165, 1.54) is 12.1 Å². The number of carbonyl (C=O) groups is 2. The van der Waals surface area contributed by atoms with Crippen LogP contribution in [-0.4, -0.2) is 36.7 Å². The van der Waals surface area contributed by atoms with Crippen LogP contribution in [0, 0.1) is 0 Å². The van der Waals surface area contributed by atoms with Gasteiger partial charge in [-0.25, -0.2) is 4.79 Å². The molecule has 2 aromatic rings. The lowest BCUT2D eigenvalue weighted by Gasteiger charge is -2.09. The van der Waals surface area contributed by atoms with Crippen LogP contribution in [0.25, 0.3) is 6.08 Å². The van der Waals surface area contributed by atoms with E-state index >= 15 is 0 Å². The molecule has 1 heterocycles. The molecule has 0 bridgehead atoms. The number of para-hydroxylation sites is 1. The summed E-state index contributed by atoms with van der Waals surface area (Å²) < 4.78 is 16.5. The molecule has 0 spiro atoms. The molecule has 26 heavy (non-hydrogen) atoms. The van der Waals surface area contributed by atoms with E-state index in [0.717, 1.165) is 12.0 Å². The van der Waals surface area contributed by atoms with Crippen LogP contribution in [0.1, 0.15) is 22.3 Å². The molecule has 1 N–H and O–H groups in total. The first-order chi connectivity index (χ1) is 12.6. The first-order valence-electron chi connectivity index (χ1n) is 8.19.